The molecule has 8 rings (SSSR count). The van der Waals surface area contributed by atoms with E-state index in [1.165, 1.54) is 38.3 Å². The molecule has 2 saturated heterocycles. The average Bonchev–Trinajstić information content (AvgIpc) is 3.26. The number of methoxy groups -OCH3 is 1. The van der Waals surface area contributed by atoms with Crippen molar-refractivity contribution >= 4 is 21.9 Å². The van der Waals surface area contributed by atoms with Crippen LogP contribution in [-0.2, 0) is 14.2 Å². The molecule has 4 heterocycles. The van der Waals surface area contributed by atoms with Crippen molar-refractivity contribution in [3.63, 3.8) is 0 Å². The Kier molecular flexibility index (Phi) is 12.8. The summed E-state index contributed by atoms with van der Waals surface area (Å²) in [5, 5.41) is 110. The summed E-state index contributed by atoms with van der Waals surface area (Å²) in [4.78, 5) is 24.9. The highest BCUT2D eigenvalue weighted by atomic mass is 16.7. The molecule has 0 radical (unpaired) electrons. The van der Waals surface area contributed by atoms with Gasteiger partial charge in [0.25, 0.3) is 0 Å². The van der Waals surface area contributed by atoms with Crippen LogP contribution in [0.5, 0.6) is 40.2 Å². The highest BCUT2D eigenvalue weighted by molar-refractivity contribution is 5.89. The standard InChI is InChI=1S/C28H32O15.C15H10O5/c1-10-21(32)23(34)25(36)27(40-10)39-9-19-22(33)24(35)26(37)28(43-19)41-12-6-14(30)20-15(31)8-17(42-18(20)7-12)11-3-4-16(38-2)13(29)5-11;16-9-6-11(8-4-2-1-3-5-8)20-12-7-10(17)14(18)15(19)13(9)12/h3-8,10,19,21-30,32-37H,9H2,1-2H3;1-7,17-19H/t10-,19+,21-,22+,23+,24-,25+,26+,27+,28+;/m0./s1. The number of phenolic OH excluding ortho intramolecular Hbond substituents is 5. The number of ether oxygens (including phenoxy) is 5. The zero-order chi connectivity index (χ0) is 45.4. The molecule has 20 heteroatoms. The summed E-state index contributed by atoms with van der Waals surface area (Å²) in [5.74, 6) is -2.27. The topological polar surface area (TPSA) is 329 Å². The number of aromatic hydroxyl groups is 5. The first-order chi connectivity index (χ1) is 30.0. The molecule has 2 aliphatic rings. The molecular weight excluding hydrogens is 836 g/mol. The lowest BCUT2D eigenvalue weighted by Crippen LogP contribution is -2.61. The van der Waals surface area contributed by atoms with Crippen molar-refractivity contribution in [1.82, 2.24) is 0 Å². The Labute approximate surface area is 354 Å². The van der Waals surface area contributed by atoms with E-state index in [0.717, 1.165) is 18.2 Å². The smallest absolute Gasteiger partial charge is 0.229 e. The Morgan fingerprint density at radius 2 is 1.19 bits per heavy atom. The summed E-state index contributed by atoms with van der Waals surface area (Å²) < 4.78 is 38.5. The lowest BCUT2D eigenvalue weighted by molar-refractivity contribution is -0.318. The second-order valence-electron chi connectivity index (χ2n) is 14.6. The maximum absolute atomic E-state index is 12.8. The minimum Gasteiger partial charge on any atom is -0.507 e. The van der Waals surface area contributed by atoms with Gasteiger partial charge in [-0.3, -0.25) is 9.59 Å². The zero-order valence-electron chi connectivity index (χ0n) is 33.1. The molecule has 0 bridgehead atoms. The summed E-state index contributed by atoms with van der Waals surface area (Å²) in [7, 11) is 1.38. The van der Waals surface area contributed by atoms with Gasteiger partial charge >= 0.3 is 0 Å². The zero-order valence-corrected chi connectivity index (χ0v) is 33.1. The third-order valence-corrected chi connectivity index (χ3v) is 10.4. The fourth-order valence-electron chi connectivity index (χ4n) is 6.95. The molecule has 20 nitrogen and oxygen atoms in total. The maximum atomic E-state index is 12.8. The highest BCUT2D eigenvalue weighted by Crippen LogP contribution is 2.41. The first-order valence-corrected chi connectivity index (χ1v) is 19.1. The van der Waals surface area contributed by atoms with Crippen LogP contribution < -0.4 is 20.3 Å². The number of aliphatic hydroxyl groups excluding tert-OH is 6. The molecule has 0 amide bonds. The Bertz CT molecular complexity index is 2720. The summed E-state index contributed by atoms with van der Waals surface area (Å²) in [6, 6.07) is 19.1. The number of benzene rings is 4. The van der Waals surface area contributed by atoms with E-state index < -0.39 is 102 Å². The first-order valence-electron chi connectivity index (χ1n) is 19.1. The number of fused-ring (bicyclic) bond motifs is 2. The summed E-state index contributed by atoms with van der Waals surface area (Å²) in [6.07, 6.45) is -15.0. The van der Waals surface area contributed by atoms with Gasteiger partial charge in [-0.1, -0.05) is 30.3 Å². The lowest BCUT2D eigenvalue weighted by Gasteiger charge is -2.42. The van der Waals surface area contributed by atoms with Crippen molar-refractivity contribution in [2.24, 2.45) is 0 Å². The largest absolute Gasteiger partial charge is 0.507 e. The molecular formula is C43H42O20. The Morgan fingerprint density at radius 1 is 0.571 bits per heavy atom. The van der Waals surface area contributed by atoms with Crippen molar-refractivity contribution in [1.29, 1.82) is 0 Å². The molecule has 10 atom stereocenters. The second kappa shape index (κ2) is 18.1. The number of hydrogen-bond donors (Lipinski definition) is 11. The Morgan fingerprint density at radius 3 is 1.86 bits per heavy atom. The van der Waals surface area contributed by atoms with E-state index in [9.17, 15) is 65.8 Å². The SMILES string of the molecule is COc1ccc(-c2cc(=O)c3c(O)cc(O[C@@H]4O[C@H](CO[C@@H]5O[C@@H](C)[C@H](O)[C@@H](O)[C@H]5O)[C@@H](O)[C@H](O)[C@H]4O)cc3o2)cc1O.O=c1cc(-c2ccccc2)oc2cc(O)c(O)c(O)c12. The summed E-state index contributed by atoms with van der Waals surface area (Å²) in [6.45, 7) is 0.953. The molecule has 63 heavy (non-hydrogen) atoms. The molecule has 0 saturated carbocycles. The van der Waals surface area contributed by atoms with Crippen LogP contribution in [0.25, 0.3) is 44.6 Å². The number of phenols is 5. The average molecular weight is 879 g/mol. The van der Waals surface area contributed by atoms with Crippen LogP contribution in [0.4, 0.5) is 0 Å². The van der Waals surface area contributed by atoms with Gasteiger partial charge in [-0.05, 0) is 25.1 Å². The van der Waals surface area contributed by atoms with Gasteiger partial charge in [0.1, 0.15) is 87.7 Å². The van der Waals surface area contributed by atoms with Gasteiger partial charge in [-0.25, -0.2) is 0 Å². The summed E-state index contributed by atoms with van der Waals surface area (Å²) >= 11 is 0. The number of aliphatic hydroxyl groups is 6. The van der Waals surface area contributed by atoms with Gasteiger partial charge in [0.05, 0.1) is 19.8 Å². The van der Waals surface area contributed by atoms with Gasteiger partial charge in [0, 0.05) is 41.5 Å². The van der Waals surface area contributed by atoms with Gasteiger partial charge in [-0.2, -0.15) is 0 Å². The van der Waals surface area contributed by atoms with Gasteiger partial charge in [0.15, 0.2) is 40.1 Å². The van der Waals surface area contributed by atoms with E-state index in [0.29, 0.717) is 16.9 Å². The van der Waals surface area contributed by atoms with Crippen molar-refractivity contribution in [3.05, 3.63) is 99.3 Å². The third kappa shape index (κ3) is 8.93. The summed E-state index contributed by atoms with van der Waals surface area (Å²) in [5.41, 5.74) is -0.186. The molecule has 0 unspecified atom stereocenters. The maximum Gasteiger partial charge on any atom is 0.229 e. The second-order valence-corrected chi connectivity index (χ2v) is 14.6. The molecule has 6 aromatic rings. The van der Waals surface area contributed by atoms with Gasteiger partial charge < -0.3 is 88.7 Å². The van der Waals surface area contributed by atoms with E-state index in [2.05, 4.69) is 0 Å². The van der Waals surface area contributed by atoms with E-state index in [1.54, 1.807) is 30.3 Å². The van der Waals surface area contributed by atoms with E-state index in [4.69, 9.17) is 32.5 Å². The van der Waals surface area contributed by atoms with Crippen molar-refractivity contribution < 1.29 is 88.7 Å². The van der Waals surface area contributed by atoms with Gasteiger partial charge in [0.2, 0.25) is 12.0 Å². The predicted octanol–water partition coefficient (Wildman–Crippen LogP) is 1.49. The highest BCUT2D eigenvalue weighted by Gasteiger charge is 2.47. The molecule has 0 aliphatic carbocycles. The Balaban J connectivity index is 0.000000247. The molecule has 2 aromatic heterocycles. The fraction of sp³-hybridized carbons (Fsp3) is 0.302. The van der Waals surface area contributed by atoms with E-state index in [1.807, 2.05) is 6.07 Å². The number of rotatable bonds is 8. The third-order valence-electron chi connectivity index (χ3n) is 10.4. The van der Waals surface area contributed by atoms with Crippen LogP contribution in [0.3, 0.4) is 0 Å². The first kappa shape index (κ1) is 44.6. The minimum atomic E-state index is -1.78. The molecule has 334 valence electrons. The predicted molar refractivity (Wildman–Crippen MR) is 216 cm³/mol. The van der Waals surface area contributed by atoms with Crippen LogP contribution in [-0.4, -0.2) is 131 Å². The Hall–Kier alpha value is -6.46. The van der Waals surface area contributed by atoms with Crippen LogP contribution in [0, 0.1) is 0 Å². The normalized spacial score (nSPS) is 25.9. The van der Waals surface area contributed by atoms with Crippen LogP contribution >= 0.6 is 0 Å². The van der Waals surface area contributed by atoms with Crippen molar-refractivity contribution in [2.45, 2.75) is 68.3 Å². The van der Waals surface area contributed by atoms with Crippen LogP contribution in [0.15, 0.2) is 97.3 Å². The monoisotopic (exact) mass is 878 g/mol. The van der Waals surface area contributed by atoms with Crippen molar-refractivity contribution in [3.8, 4) is 62.9 Å². The molecule has 0 spiro atoms. The molecule has 11 N–H and O–H groups in total. The van der Waals surface area contributed by atoms with Crippen LogP contribution in [0.1, 0.15) is 6.92 Å². The van der Waals surface area contributed by atoms with Crippen molar-refractivity contribution in [2.75, 3.05) is 13.7 Å². The lowest BCUT2D eigenvalue weighted by atomic mass is 9.98. The van der Waals surface area contributed by atoms with E-state index >= 15 is 0 Å². The van der Waals surface area contributed by atoms with Crippen LogP contribution in [0.2, 0.25) is 0 Å². The number of hydrogen-bond acceptors (Lipinski definition) is 20. The van der Waals surface area contributed by atoms with E-state index in [-0.39, 0.29) is 44.9 Å². The van der Waals surface area contributed by atoms with Gasteiger partial charge in [-0.15, -0.1) is 0 Å². The minimum absolute atomic E-state index is 0.00385. The molecule has 4 aromatic carbocycles. The molecule has 2 fully saturated rings. The fourth-order valence-corrected chi connectivity index (χ4v) is 6.95. The quantitative estimate of drug-likeness (QED) is 0.0965. The molecule has 2 aliphatic heterocycles.